The molecule has 1 atom stereocenters. The molecule has 1 amide bonds. The molecule has 0 aliphatic carbocycles. The Bertz CT molecular complexity index is 514. The van der Waals surface area contributed by atoms with Gasteiger partial charge in [0.05, 0.1) is 11.5 Å². The van der Waals surface area contributed by atoms with Crippen LogP contribution in [0.3, 0.4) is 0 Å². The monoisotopic (exact) mass is 288 g/mol. The SMILES string of the molecule is O=C(CC1CS(=O)(=O)CCN1)NCCc1ncon1. The van der Waals surface area contributed by atoms with Crippen molar-refractivity contribution in [2.75, 3.05) is 24.6 Å². The molecule has 1 aromatic heterocycles. The Hall–Kier alpha value is -1.48. The minimum absolute atomic E-state index is 0.0191. The van der Waals surface area contributed by atoms with Gasteiger partial charge in [-0.25, -0.2) is 8.42 Å². The Kier molecular flexibility index (Phi) is 4.48. The van der Waals surface area contributed by atoms with E-state index in [-0.39, 0.29) is 29.9 Å². The van der Waals surface area contributed by atoms with Crippen molar-refractivity contribution in [3.8, 4) is 0 Å². The highest BCUT2D eigenvalue weighted by Crippen LogP contribution is 2.04. The maximum absolute atomic E-state index is 11.6. The minimum atomic E-state index is -3.01. The number of carbonyl (C=O) groups excluding carboxylic acids is 1. The van der Waals surface area contributed by atoms with E-state index in [0.29, 0.717) is 25.3 Å². The predicted molar refractivity (Wildman–Crippen MR) is 66.1 cm³/mol. The van der Waals surface area contributed by atoms with Crippen molar-refractivity contribution in [2.24, 2.45) is 0 Å². The number of nitrogens with one attached hydrogen (secondary N) is 2. The standard InChI is InChI=1S/C10H16N4O4S/c15-10(12-2-1-9-13-7-18-14-9)5-8-6-19(16,17)4-3-11-8/h7-8,11H,1-6H2,(H,12,15). The predicted octanol–water partition coefficient (Wildman–Crippen LogP) is -1.49. The molecule has 0 radical (unpaired) electrons. The summed E-state index contributed by atoms with van der Waals surface area (Å²) in [5.74, 6) is 0.505. The molecule has 9 heteroatoms. The van der Waals surface area contributed by atoms with Crippen LogP contribution in [0.1, 0.15) is 12.2 Å². The van der Waals surface area contributed by atoms with E-state index in [2.05, 4.69) is 25.3 Å². The van der Waals surface area contributed by atoms with E-state index in [1.165, 1.54) is 6.39 Å². The fourth-order valence-corrected chi connectivity index (χ4v) is 3.35. The molecular formula is C10H16N4O4S. The first-order valence-electron chi connectivity index (χ1n) is 6.01. The summed E-state index contributed by atoms with van der Waals surface area (Å²) in [6, 6.07) is -0.302. The van der Waals surface area contributed by atoms with Gasteiger partial charge in [-0.05, 0) is 0 Å². The number of nitrogens with zero attached hydrogens (tertiary/aromatic N) is 2. The van der Waals surface area contributed by atoms with Crippen LogP contribution in [-0.4, -0.2) is 55.1 Å². The van der Waals surface area contributed by atoms with Crippen molar-refractivity contribution in [3.63, 3.8) is 0 Å². The zero-order chi connectivity index (χ0) is 13.7. The zero-order valence-electron chi connectivity index (χ0n) is 10.3. The fourth-order valence-electron chi connectivity index (χ4n) is 1.91. The highest BCUT2D eigenvalue weighted by Gasteiger charge is 2.25. The normalized spacial score (nSPS) is 22.0. The summed E-state index contributed by atoms with van der Waals surface area (Å²) in [4.78, 5) is 15.5. The maximum atomic E-state index is 11.6. The van der Waals surface area contributed by atoms with Crippen molar-refractivity contribution in [1.29, 1.82) is 0 Å². The summed E-state index contributed by atoms with van der Waals surface area (Å²) in [6.07, 6.45) is 1.87. The summed E-state index contributed by atoms with van der Waals surface area (Å²) < 4.78 is 27.4. The molecule has 1 unspecified atom stereocenters. The van der Waals surface area contributed by atoms with Crippen molar-refractivity contribution in [1.82, 2.24) is 20.8 Å². The first kappa shape index (κ1) is 13.9. The largest absolute Gasteiger partial charge is 0.356 e. The highest BCUT2D eigenvalue weighted by molar-refractivity contribution is 7.91. The molecule has 1 fully saturated rings. The van der Waals surface area contributed by atoms with Crippen LogP contribution in [0.15, 0.2) is 10.9 Å². The summed E-state index contributed by atoms with van der Waals surface area (Å²) in [6.45, 7) is 0.807. The molecule has 0 saturated carbocycles. The molecule has 2 rings (SSSR count). The Morgan fingerprint density at radius 3 is 3.11 bits per heavy atom. The van der Waals surface area contributed by atoms with Crippen LogP contribution in [0, 0.1) is 0 Å². The van der Waals surface area contributed by atoms with Crippen LogP contribution in [-0.2, 0) is 21.1 Å². The van der Waals surface area contributed by atoms with Gasteiger partial charge in [-0.2, -0.15) is 4.98 Å². The molecule has 8 nitrogen and oxygen atoms in total. The third-order valence-corrected chi connectivity index (χ3v) is 4.55. The van der Waals surface area contributed by atoms with Gasteiger partial charge in [0, 0.05) is 32.0 Å². The number of rotatable bonds is 5. The van der Waals surface area contributed by atoms with Crippen LogP contribution in [0.2, 0.25) is 0 Å². The Morgan fingerprint density at radius 1 is 1.58 bits per heavy atom. The molecule has 1 aromatic rings. The summed E-state index contributed by atoms with van der Waals surface area (Å²) >= 11 is 0. The number of aromatic nitrogens is 2. The van der Waals surface area contributed by atoms with Crippen LogP contribution >= 0.6 is 0 Å². The Labute approximate surface area is 110 Å². The Balaban J connectivity index is 1.69. The third-order valence-electron chi connectivity index (χ3n) is 2.81. The van der Waals surface area contributed by atoms with Crippen molar-refractivity contribution in [3.05, 3.63) is 12.2 Å². The lowest BCUT2D eigenvalue weighted by molar-refractivity contribution is -0.121. The molecule has 1 aliphatic heterocycles. The second-order valence-electron chi connectivity index (χ2n) is 4.42. The number of hydrogen-bond donors (Lipinski definition) is 2. The molecule has 2 N–H and O–H groups in total. The van der Waals surface area contributed by atoms with E-state index in [0.717, 1.165) is 0 Å². The van der Waals surface area contributed by atoms with Gasteiger partial charge in [-0.3, -0.25) is 4.79 Å². The lowest BCUT2D eigenvalue weighted by Gasteiger charge is -2.23. The van der Waals surface area contributed by atoms with E-state index in [9.17, 15) is 13.2 Å². The van der Waals surface area contributed by atoms with Gasteiger partial charge in [0.25, 0.3) is 0 Å². The minimum Gasteiger partial charge on any atom is -0.356 e. The van der Waals surface area contributed by atoms with E-state index < -0.39 is 9.84 Å². The van der Waals surface area contributed by atoms with Gasteiger partial charge >= 0.3 is 0 Å². The molecule has 1 saturated heterocycles. The maximum Gasteiger partial charge on any atom is 0.221 e. The van der Waals surface area contributed by atoms with Gasteiger partial charge in [0.1, 0.15) is 0 Å². The average molecular weight is 288 g/mol. The quantitative estimate of drug-likeness (QED) is 0.678. The van der Waals surface area contributed by atoms with E-state index >= 15 is 0 Å². The van der Waals surface area contributed by atoms with Gasteiger partial charge in [0.15, 0.2) is 15.7 Å². The average Bonchev–Trinajstić information content (AvgIpc) is 2.80. The van der Waals surface area contributed by atoms with Crippen LogP contribution < -0.4 is 10.6 Å². The van der Waals surface area contributed by atoms with Crippen molar-refractivity contribution < 1.29 is 17.7 Å². The van der Waals surface area contributed by atoms with Crippen LogP contribution in [0.5, 0.6) is 0 Å². The number of amides is 1. The topological polar surface area (TPSA) is 114 Å². The molecule has 0 spiro atoms. The zero-order valence-corrected chi connectivity index (χ0v) is 11.1. The number of carbonyl (C=O) groups is 1. The molecule has 0 aromatic carbocycles. The van der Waals surface area contributed by atoms with Crippen molar-refractivity contribution in [2.45, 2.75) is 18.9 Å². The van der Waals surface area contributed by atoms with Crippen LogP contribution in [0.25, 0.3) is 0 Å². The number of sulfone groups is 1. The van der Waals surface area contributed by atoms with Crippen molar-refractivity contribution >= 4 is 15.7 Å². The molecule has 19 heavy (non-hydrogen) atoms. The number of hydrogen-bond acceptors (Lipinski definition) is 7. The summed E-state index contributed by atoms with van der Waals surface area (Å²) in [5, 5.41) is 9.35. The van der Waals surface area contributed by atoms with Gasteiger partial charge in [0.2, 0.25) is 12.3 Å². The van der Waals surface area contributed by atoms with E-state index in [1.54, 1.807) is 0 Å². The lowest BCUT2D eigenvalue weighted by atomic mass is 10.2. The molecule has 2 heterocycles. The fraction of sp³-hybridized carbons (Fsp3) is 0.700. The summed E-state index contributed by atoms with van der Waals surface area (Å²) in [7, 11) is -3.01. The highest BCUT2D eigenvalue weighted by atomic mass is 32.2. The van der Waals surface area contributed by atoms with Crippen LogP contribution in [0.4, 0.5) is 0 Å². The second-order valence-corrected chi connectivity index (χ2v) is 6.65. The lowest BCUT2D eigenvalue weighted by Crippen LogP contribution is -2.47. The molecule has 0 bridgehead atoms. The van der Waals surface area contributed by atoms with E-state index in [1.807, 2.05) is 0 Å². The third kappa shape index (κ3) is 4.60. The first-order valence-corrected chi connectivity index (χ1v) is 7.83. The van der Waals surface area contributed by atoms with Gasteiger partial charge < -0.3 is 15.2 Å². The smallest absolute Gasteiger partial charge is 0.221 e. The molecule has 1 aliphatic rings. The first-order chi connectivity index (χ1) is 9.05. The summed E-state index contributed by atoms with van der Waals surface area (Å²) in [5.41, 5.74) is 0. The van der Waals surface area contributed by atoms with Gasteiger partial charge in [-0.15, -0.1) is 0 Å². The Morgan fingerprint density at radius 2 is 2.42 bits per heavy atom. The van der Waals surface area contributed by atoms with Gasteiger partial charge in [-0.1, -0.05) is 5.16 Å². The van der Waals surface area contributed by atoms with E-state index in [4.69, 9.17) is 0 Å². The molecule has 106 valence electrons. The molecular weight excluding hydrogens is 272 g/mol. The second kappa shape index (κ2) is 6.11.